The van der Waals surface area contributed by atoms with Crippen molar-refractivity contribution in [2.45, 2.75) is 0 Å². The van der Waals surface area contributed by atoms with Gasteiger partial charge in [-0.1, -0.05) is 6.07 Å². The Labute approximate surface area is 78.2 Å². The first kappa shape index (κ1) is 9.55. The fraction of sp³-hybridized carbons (Fsp3) is 0. The van der Waals surface area contributed by atoms with Crippen LogP contribution >= 0.6 is 0 Å². The van der Waals surface area contributed by atoms with Gasteiger partial charge in [0.05, 0.1) is 5.56 Å². The van der Waals surface area contributed by atoms with Crippen LogP contribution in [0.1, 0.15) is 11.1 Å². The van der Waals surface area contributed by atoms with Crippen LogP contribution in [-0.2, 0) is 11.9 Å². The van der Waals surface area contributed by atoms with Crippen LogP contribution in [0.3, 0.4) is 0 Å². The molecule has 0 fully saturated rings. The first-order chi connectivity index (χ1) is 6.27. The van der Waals surface area contributed by atoms with Crippen LogP contribution in [0.2, 0.25) is 0 Å². The van der Waals surface area contributed by atoms with Gasteiger partial charge >= 0.3 is 0 Å². The molecule has 0 saturated heterocycles. The molecule has 5 heteroatoms. The standard InChI is InChI=1S/C8H5FN2OS/c9-8-2-1-6(5-11-13-12)3-7(8)4-10/h1-3,5,13H/b11-5+. The normalized spacial score (nSPS) is 10.2. The predicted octanol–water partition coefficient (Wildman–Crippen LogP) is 0.977. The maximum Gasteiger partial charge on any atom is 0.140 e. The average Bonchev–Trinajstić information content (AvgIpc) is 2.16. The topological polar surface area (TPSA) is 53.2 Å². The number of benzene rings is 1. The summed E-state index contributed by atoms with van der Waals surface area (Å²) in [5.74, 6) is -0.570. The SMILES string of the molecule is N#Cc1cc(/C=N/[SH]=O)ccc1F. The Bertz CT molecular complexity index is 398. The van der Waals surface area contributed by atoms with Crippen molar-refractivity contribution >= 4 is 18.1 Å². The van der Waals surface area contributed by atoms with E-state index in [0.29, 0.717) is 5.56 Å². The minimum atomic E-state index is -0.570. The van der Waals surface area contributed by atoms with Gasteiger partial charge in [-0.05, 0) is 17.7 Å². The molecule has 0 spiro atoms. The molecule has 0 aromatic heterocycles. The third-order valence-electron chi connectivity index (χ3n) is 1.36. The second-order valence-corrected chi connectivity index (χ2v) is 2.57. The molecule has 3 nitrogen and oxygen atoms in total. The van der Waals surface area contributed by atoms with Crippen molar-refractivity contribution in [3.8, 4) is 6.07 Å². The van der Waals surface area contributed by atoms with E-state index >= 15 is 0 Å². The lowest BCUT2D eigenvalue weighted by Gasteiger charge is -1.94. The molecular weight excluding hydrogens is 191 g/mol. The molecule has 0 unspecified atom stereocenters. The van der Waals surface area contributed by atoms with Crippen LogP contribution in [0.4, 0.5) is 4.39 Å². The fourth-order valence-electron chi connectivity index (χ4n) is 0.799. The fourth-order valence-corrected chi connectivity index (χ4v) is 0.980. The van der Waals surface area contributed by atoms with Gasteiger partial charge in [0, 0.05) is 6.21 Å². The molecule has 0 aliphatic heterocycles. The Hall–Kier alpha value is -1.54. The van der Waals surface area contributed by atoms with Crippen LogP contribution < -0.4 is 0 Å². The molecule has 13 heavy (non-hydrogen) atoms. The van der Waals surface area contributed by atoms with E-state index in [1.165, 1.54) is 24.4 Å². The Balaban J connectivity index is 3.08. The van der Waals surface area contributed by atoms with Crippen LogP contribution in [0.5, 0.6) is 0 Å². The second kappa shape index (κ2) is 4.48. The number of halogens is 1. The molecule has 0 radical (unpaired) electrons. The Morgan fingerprint density at radius 1 is 1.62 bits per heavy atom. The maximum atomic E-state index is 12.8. The van der Waals surface area contributed by atoms with Gasteiger partial charge in [-0.2, -0.15) is 9.66 Å². The van der Waals surface area contributed by atoms with Gasteiger partial charge < -0.3 is 0 Å². The minimum Gasteiger partial charge on any atom is -0.238 e. The largest absolute Gasteiger partial charge is 0.238 e. The van der Waals surface area contributed by atoms with Gasteiger partial charge in [-0.3, -0.25) is 0 Å². The van der Waals surface area contributed by atoms with Crippen molar-refractivity contribution in [2.75, 3.05) is 0 Å². The zero-order valence-electron chi connectivity index (χ0n) is 6.44. The maximum absolute atomic E-state index is 12.8. The number of rotatable bonds is 2. The molecule has 1 rings (SSSR count). The molecule has 0 aliphatic carbocycles. The smallest absolute Gasteiger partial charge is 0.140 e. The van der Waals surface area contributed by atoms with Crippen molar-refractivity contribution in [1.82, 2.24) is 0 Å². The lowest BCUT2D eigenvalue weighted by atomic mass is 10.1. The minimum absolute atomic E-state index is 0.0495. The van der Waals surface area contributed by atoms with Gasteiger partial charge in [-0.25, -0.2) is 8.60 Å². The van der Waals surface area contributed by atoms with Crippen molar-refractivity contribution in [3.63, 3.8) is 0 Å². The molecule has 1 aromatic rings. The van der Waals surface area contributed by atoms with E-state index in [-0.39, 0.29) is 17.4 Å². The van der Waals surface area contributed by atoms with Crippen molar-refractivity contribution in [3.05, 3.63) is 35.1 Å². The van der Waals surface area contributed by atoms with Crippen LogP contribution in [-0.4, -0.2) is 10.4 Å². The highest BCUT2D eigenvalue weighted by molar-refractivity contribution is 7.64. The first-order valence-electron chi connectivity index (χ1n) is 3.33. The Kier molecular flexibility index (Phi) is 3.29. The second-order valence-electron chi connectivity index (χ2n) is 2.18. The monoisotopic (exact) mass is 196 g/mol. The number of nitrogens with zero attached hydrogens (tertiary/aromatic N) is 2. The Morgan fingerprint density at radius 2 is 2.38 bits per heavy atom. The molecule has 0 amide bonds. The van der Waals surface area contributed by atoms with Gasteiger partial charge in [0.15, 0.2) is 0 Å². The summed E-state index contributed by atoms with van der Waals surface area (Å²) < 4.78 is 26.1. The molecule has 0 aliphatic rings. The number of hydrogen-bond donors (Lipinski definition) is 1. The van der Waals surface area contributed by atoms with E-state index in [1.807, 2.05) is 0 Å². The third-order valence-corrected chi connectivity index (χ3v) is 1.57. The van der Waals surface area contributed by atoms with Gasteiger partial charge in [0.1, 0.15) is 23.7 Å². The van der Waals surface area contributed by atoms with Crippen LogP contribution in [0.25, 0.3) is 0 Å². The molecule has 1 aromatic carbocycles. The predicted molar refractivity (Wildman–Crippen MR) is 48.2 cm³/mol. The van der Waals surface area contributed by atoms with E-state index in [0.717, 1.165) is 0 Å². The van der Waals surface area contributed by atoms with Crippen molar-refractivity contribution in [1.29, 1.82) is 5.26 Å². The van der Waals surface area contributed by atoms with Crippen molar-refractivity contribution < 1.29 is 8.60 Å². The lowest BCUT2D eigenvalue weighted by Crippen LogP contribution is -1.87. The van der Waals surface area contributed by atoms with E-state index in [9.17, 15) is 8.60 Å². The lowest BCUT2D eigenvalue weighted by molar-refractivity contribution is 0.624. The number of hydrogen-bond acceptors (Lipinski definition) is 2. The highest BCUT2D eigenvalue weighted by Crippen LogP contribution is 2.07. The molecule has 0 bridgehead atoms. The van der Waals surface area contributed by atoms with Gasteiger partial charge in [-0.15, -0.1) is 0 Å². The first-order valence-corrected chi connectivity index (χ1v) is 4.10. The van der Waals surface area contributed by atoms with Gasteiger partial charge in [0.2, 0.25) is 0 Å². The molecule has 66 valence electrons. The number of nitriles is 1. The van der Waals surface area contributed by atoms with E-state index < -0.39 is 5.82 Å². The molecule has 0 atom stereocenters. The van der Waals surface area contributed by atoms with Crippen LogP contribution in [0.15, 0.2) is 22.6 Å². The number of thiol groups is 1. The quantitative estimate of drug-likeness (QED) is 0.566. The molecule has 0 heterocycles. The summed E-state index contributed by atoms with van der Waals surface area (Å²) in [7, 11) is 0. The highest BCUT2D eigenvalue weighted by atomic mass is 32.2. The summed E-state index contributed by atoms with van der Waals surface area (Å²) in [4.78, 5) is 0. The summed E-state index contributed by atoms with van der Waals surface area (Å²) in [6, 6.07) is 5.65. The van der Waals surface area contributed by atoms with Gasteiger partial charge in [0.25, 0.3) is 0 Å². The molecular formula is C8H5FN2OS. The molecule has 0 saturated carbocycles. The summed E-state index contributed by atoms with van der Waals surface area (Å²) in [6.07, 6.45) is 1.30. The zero-order chi connectivity index (χ0) is 9.68. The summed E-state index contributed by atoms with van der Waals surface area (Å²) in [5.41, 5.74) is 0.493. The molecule has 0 N–H and O–H groups in total. The van der Waals surface area contributed by atoms with E-state index in [2.05, 4.69) is 4.40 Å². The van der Waals surface area contributed by atoms with E-state index in [1.54, 1.807) is 6.07 Å². The Morgan fingerprint density at radius 3 is 3.00 bits per heavy atom. The van der Waals surface area contributed by atoms with Crippen molar-refractivity contribution in [2.24, 2.45) is 4.40 Å². The van der Waals surface area contributed by atoms with Crippen LogP contribution in [0, 0.1) is 17.1 Å². The highest BCUT2D eigenvalue weighted by Gasteiger charge is 2.00. The zero-order valence-corrected chi connectivity index (χ0v) is 7.33. The average molecular weight is 196 g/mol. The summed E-state index contributed by atoms with van der Waals surface area (Å²) >= 11 is -0.361. The van der Waals surface area contributed by atoms with E-state index in [4.69, 9.17) is 5.26 Å². The summed E-state index contributed by atoms with van der Waals surface area (Å²) in [5, 5.41) is 8.47. The third kappa shape index (κ3) is 2.46. The summed E-state index contributed by atoms with van der Waals surface area (Å²) in [6.45, 7) is 0.